The number of carboxylic acid groups (broad SMARTS) is 1. The number of amides is 1. The fourth-order valence-corrected chi connectivity index (χ4v) is 3.84. The van der Waals surface area contributed by atoms with Crippen molar-refractivity contribution in [3.63, 3.8) is 0 Å². The molecule has 21 heavy (non-hydrogen) atoms. The lowest BCUT2D eigenvalue weighted by atomic mass is 10.2. The van der Waals surface area contributed by atoms with Crippen LogP contribution in [0.1, 0.15) is 18.9 Å². The van der Waals surface area contributed by atoms with Crippen molar-refractivity contribution >= 4 is 39.2 Å². The number of halogens is 1. The highest BCUT2D eigenvalue weighted by atomic mass is 35.5. The molecule has 0 saturated heterocycles. The summed E-state index contributed by atoms with van der Waals surface area (Å²) >= 11 is 5.93. The van der Waals surface area contributed by atoms with Gasteiger partial charge in [0, 0.05) is 5.69 Å². The average Bonchev–Trinajstić information content (AvgIpc) is 2.73. The van der Waals surface area contributed by atoms with E-state index in [9.17, 15) is 18.0 Å². The number of carbonyl (C=O) groups is 2. The minimum absolute atomic E-state index is 0.0607. The van der Waals surface area contributed by atoms with Gasteiger partial charge in [0.2, 0.25) is 15.9 Å². The molecule has 1 aromatic carbocycles. The summed E-state index contributed by atoms with van der Waals surface area (Å²) in [6.45, 7) is 1.55. The number of aliphatic carboxylic acids is 1. The number of hydrogen-bond donors (Lipinski definition) is 3. The van der Waals surface area contributed by atoms with Crippen LogP contribution in [0.3, 0.4) is 0 Å². The summed E-state index contributed by atoms with van der Waals surface area (Å²) < 4.78 is 26.6. The van der Waals surface area contributed by atoms with Gasteiger partial charge in [-0.05, 0) is 24.1 Å². The van der Waals surface area contributed by atoms with Crippen LogP contribution in [-0.2, 0) is 26.0 Å². The van der Waals surface area contributed by atoms with E-state index in [1.165, 1.54) is 12.1 Å². The van der Waals surface area contributed by atoms with Gasteiger partial charge >= 0.3 is 5.97 Å². The highest BCUT2D eigenvalue weighted by molar-refractivity contribution is 7.89. The molecule has 1 unspecified atom stereocenters. The minimum atomic E-state index is -4.09. The third-order valence-corrected chi connectivity index (χ3v) is 5.01. The first-order valence-corrected chi connectivity index (χ1v) is 7.98. The minimum Gasteiger partial charge on any atom is -0.480 e. The molecule has 0 aliphatic carbocycles. The maximum Gasteiger partial charge on any atom is 0.321 e. The SMILES string of the molecule is CCC(NS(=O)(=O)c1cc2c(cc1Cl)NC(=O)C2)C(=O)O. The summed E-state index contributed by atoms with van der Waals surface area (Å²) in [7, 11) is -4.09. The van der Waals surface area contributed by atoms with Crippen LogP contribution in [-0.4, -0.2) is 31.4 Å². The van der Waals surface area contributed by atoms with Crippen LogP contribution in [0.4, 0.5) is 5.69 Å². The molecule has 1 amide bonds. The van der Waals surface area contributed by atoms with E-state index in [0.717, 1.165) is 0 Å². The average molecular weight is 333 g/mol. The van der Waals surface area contributed by atoms with Crippen LogP contribution in [0.5, 0.6) is 0 Å². The number of hydrogen-bond acceptors (Lipinski definition) is 4. The molecule has 0 fully saturated rings. The van der Waals surface area contributed by atoms with E-state index in [1.54, 1.807) is 6.92 Å². The smallest absolute Gasteiger partial charge is 0.321 e. The van der Waals surface area contributed by atoms with E-state index in [0.29, 0.717) is 11.3 Å². The second-order valence-corrected chi connectivity index (χ2v) is 6.67. The lowest BCUT2D eigenvalue weighted by Gasteiger charge is -2.14. The highest BCUT2D eigenvalue weighted by Gasteiger charge is 2.28. The summed E-state index contributed by atoms with van der Waals surface area (Å²) in [5.41, 5.74) is 0.974. The van der Waals surface area contributed by atoms with Crippen molar-refractivity contribution in [3.8, 4) is 0 Å². The Hall–Kier alpha value is -1.64. The molecule has 114 valence electrons. The standard InChI is InChI=1S/C12H13ClN2O5S/c1-2-8(12(17)18)15-21(19,20)10-3-6-4-11(16)14-9(6)5-7(10)13/h3,5,8,15H,2,4H2,1H3,(H,14,16)(H,17,18). The van der Waals surface area contributed by atoms with Crippen LogP contribution in [0.25, 0.3) is 0 Å². The molecule has 1 atom stereocenters. The van der Waals surface area contributed by atoms with Crippen LogP contribution < -0.4 is 10.0 Å². The third kappa shape index (κ3) is 3.17. The van der Waals surface area contributed by atoms with Crippen LogP contribution in [0.15, 0.2) is 17.0 Å². The maximum absolute atomic E-state index is 12.2. The van der Waals surface area contributed by atoms with E-state index in [1.807, 2.05) is 0 Å². The fraction of sp³-hybridized carbons (Fsp3) is 0.333. The molecule has 1 aliphatic heterocycles. The molecule has 2 rings (SSSR count). The van der Waals surface area contributed by atoms with Gasteiger partial charge in [0.15, 0.2) is 0 Å². The molecule has 3 N–H and O–H groups in total. The second-order valence-electron chi connectivity index (χ2n) is 4.59. The zero-order valence-electron chi connectivity index (χ0n) is 11.0. The molecule has 0 saturated carbocycles. The molecule has 1 aliphatic rings. The molecule has 1 aromatic rings. The van der Waals surface area contributed by atoms with Gasteiger partial charge in [0.1, 0.15) is 10.9 Å². The zero-order chi connectivity index (χ0) is 15.8. The van der Waals surface area contributed by atoms with E-state index in [2.05, 4.69) is 10.0 Å². The predicted molar refractivity (Wildman–Crippen MR) is 75.8 cm³/mol. The van der Waals surface area contributed by atoms with Crippen molar-refractivity contribution in [1.29, 1.82) is 0 Å². The third-order valence-electron chi connectivity index (χ3n) is 3.08. The van der Waals surface area contributed by atoms with Crippen LogP contribution in [0.2, 0.25) is 5.02 Å². The summed E-state index contributed by atoms with van der Waals surface area (Å²) in [4.78, 5) is 22.0. The number of benzene rings is 1. The van der Waals surface area contributed by atoms with E-state index in [4.69, 9.17) is 16.7 Å². The quantitative estimate of drug-likeness (QED) is 0.744. The summed E-state index contributed by atoms with van der Waals surface area (Å²) in [6, 6.07) is 1.39. The van der Waals surface area contributed by atoms with Crippen molar-refractivity contribution in [1.82, 2.24) is 4.72 Å². The largest absolute Gasteiger partial charge is 0.480 e. The zero-order valence-corrected chi connectivity index (χ0v) is 12.6. The van der Waals surface area contributed by atoms with E-state index in [-0.39, 0.29) is 28.7 Å². The topological polar surface area (TPSA) is 113 Å². The summed E-state index contributed by atoms with van der Waals surface area (Å²) in [5.74, 6) is -1.52. The van der Waals surface area contributed by atoms with Crippen molar-refractivity contribution in [2.75, 3.05) is 5.32 Å². The Bertz CT molecular complexity index is 717. The van der Waals surface area contributed by atoms with Gasteiger partial charge in [0.05, 0.1) is 11.4 Å². The Morgan fingerprint density at radius 1 is 1.52 bits per heavy atom. The number of sulfonamides is 1. The Kier molecular flexibility index (Phi) is 4.22. The normalized spacial score (nSPS) is 15.4. The Morgan fingerprint density at radius 3 is 2.76 bits per heavy atom. The lowest BCUT2D eigenvalue weighted by Crippen LogP contribution is -2.40. The van der Waals surface area contributed by atoms with Gasteiger partial charge < -0.3 is 10.4 Å². The molecule has 9 heteroatoms. The number of fused-ring (bicyclic) bond motifs is 1. The van der Waals surface area contributed by atoms with Gasteiger partial charge in [-0.15, -0.1) is 0 Å². The molecule has 0 radical (unpaired) electrons. The predicted octanol–water partition coefficient (Wildman–Crippen LogP) is 0.976. The monoisotopic (exact) mass is 332 g/mol. The fourth-order valence-electron chi connectivity index (χ4n) is 1.99. The molecule has 7 nitrogen and oxygen atoms in total. The van der Waals surface area contributed by atoms with Crippen molar-refractivity contribution in [3.05, 3.63) is 22.7 Å². The van der Waals surface area contributed by atoms with Crippen molar-refractivity contribution in [2.24, 2.45) is 0 Å². The molecule has 0 aromatic heterocycles. The van der Waals surface area contributed by atoms with E-state index < -0.39 is 22.0 Å². The molecule has 1 heterocycles. The number of nitrogens with one attached hydrogen (secondary N) is 2. The first kappa shape index (κ1) is 15.7. The Labute approximate surface area is 126 Å². The van der Waals surface area contributed by atoms with E-state index >= 15 is 0 Å². The molecule has 0 spiro atoms. The molecule has 0 bridgehead atoms. The van der Waals surface area contributed by atoms with Gasteiger partial charge in [-0.25, -0.2) is 8.42 Å². The first-order chi connectivity index (χ1) is 9.74. The molecular formula is C12H13ClN2O5S. The van der Waals surface area contributed by atoms with Crippen molar-refractivity contribution < 1.29 is 23.1 Å². The highest BCUT2D eigenvalue weighted by Crippen LogP contribution is 2.32. The number of carboxylic acids is 1. The van der Waals surface area contributed by atoms with Gasteiger partial charge in [-0.1, -0.05) is 18.5 Å². The van der Waals surface area contributed by atoms with Gasteiger partial charge in [-0.3, -0.25) is 9.59 Å². The second kappa shape index (κ2) is 5.63. The lowest BCUT2D eigenvalue weighted by molar-refractivity contribution is -0.139. The number of carbonyl (C=O) groups excluding carboxylic acids is 1. The van der Waals surface area contributed by atoms with Crippen LogP contribution in [0, 0.1) is 0 Å². The van der Waals surface area contributed by atoms with Gasteiger partial charge in [0.25, 0.3) is 0 Å². The summed E-state index contributed by atoms with van der Waals surface area (Å²) in [5, 5.41) is 11.4. The summed E-state index contributed by atoms with van der Waals surface area (Å²) in [6.07, 6.45) is 0.155. The Balaban J connectivity index is 2.39. The van der Waals surface area contributed by atoms with Crippen molar-refractivity contribution in [2.45, 2.75) is 30.7 Å². The first-order valence-electron chi connectivity index (χ1n) is 6.12. The Morgan fingerprint density at radius 2 is 2.19 bits per heavy atom. The number of rotatable bonds is 5. The molecular weight excluding hydrogens is 320 g/mol. The van der Waals surface area contributed by atoms with Gasteiger partial charge in [-0.2, -0.15) is 4.72 Å². The van der Waals surface area contributed by atoms with Crippen LogP contribution >= 0.6 is 11.6 Å². The maximum atomic E-state index is 12.2. The number of anilines is 1.